The summed E-state index contributed by atoms with van der Waals surface area (Å²) in [6.07, 6.45) is 0. The van der Waals surface area contributed by atoms with Crippen LogP contribution < -0.4 is 9.97 Å². The second-order valence-electron chi connectivity index (χ2n) is 29.1. The fourth-order valence-corrected chi connectivity index (χ4v) is 13.5. The summed E-state index contributed by atoms with van der Waals surface area (Å²) in [5.41, 5.74) is 10.7. The Labute approximate surface area is 526 Å². The van der Waals surface area contributed by atoms with E-state index in [1.807, 2.05) is 0 Å². The molecule has 0 aliphatic carbocycles. The minimum atomic E-state index is -0.00371. The first-order chi connectivity index (χ1) is 41.9. The van der Waals surface area contributed by atoms with Crippen LogP contribution in [0.15, 0.2) is 170 Å². The molecule has 89 heavy (non-hydrogen) atoms. The Morgan fingerprint density at radius 2 is 0.404 bits per heavy atom. The quantitative estimate of drug-likeness (QED) is 0.109. The Morgan fingerprint density at radius 1 is 0.213 bits per heavy atom. The van der Waals surface area contributed by atoms with Crippen LogP contribution in [0.2, 0.25) is 0 Å². The Kier molecular flexibility index (Phi) is 11.6. The maximum absolute atomic E-state index is 5.56. The van der Waals surface area contributed by atoms with Crippen molar-refractivity contribution in [1.82, 2.24) is 39.9 Å². The minimum Gasteiger partial charge on any atom is -0.357 e. The van der Waals surface area contributed by atoms with Crippen molar-refractivity contribution in [2.45, 2.75) is 105 Å². The summed E-state index contributed by atoms with van der Waals surface area (Å²) in [5, 5.41) is 21.6. The molecule has 15 aromatic rings. The topological polar surface area (TPSA) is 106 Å². The molecule has 2 aliphatic heterocycles. The molecule has 5 heterocycles. The predicted octanol–water partition coefficient (Wildman–Crippen LogP) is 20.5. The van der Waals surface area contributed by atoms with Gasteiger partial charge >= 0.3 is 17.1 Å². The van der Waals surface area contributed by atoms with E-state index < -0.39 is 0 Å². The van der Waals surface area contributed by atoms with Crippen molar-refractivity contribution in [3.05, 3.63) is 192 Å². The molecule has 0 atom stereocenters. The Bertz CT molecular complexity index is 5500. The number of aromatic nitrogens is 8. The van der Waals surface area contributed by atoms with Crippen LogP contribution >= 0.6 is 0 Å². The number of rotatable bonds is 0. The van der Waals surface area contributed by atoms with Crippen LogP contribution in [0.5, 0.6) is 0 Å². The van der Waals surface area contributed by atoms with E-state index in [9.17, 15) is 0 Å². The molecular formula is C80H64FeN8. The van der Waals surface area contributed by atoms with E-state index in [1.54, 1.807) is 0 Å². The van der Waals surface area contributed by atoms with Gasteiger partial charge in [0.15, 0.2) is 0 Å². The average molecular weight is 1190 g/mol. The van der Waals surface area contributed by atoms with Gasteiger partial charge in [0.2, 0.25) is 0 Å². The third-order valence-corrected chi connectivity index (χ3v) is 18.8. The summed E-state index contributed by atoms with van der Waals surface area (Å²) >= 11 is 0. The predicted molar refractivity (Wildman–Crippen MR) is 369 cm³/mol. The number of benzene rings is 12. The second kappa shape index (κ2) is 18.8. The van der Waals surface area contributed by atoms with Crippen LogP contribution in [0, 0.1) is 0 Å². The SMILES string of the molecule is CC(C)(C)c1ccc2cc3cc4c(cc3cc2c1)-c1nc-4nc2[n-]c(nc3nc(nc4[n-]c(n1)c1cc5cc6ccc(C(C)(C)C)cc6cc5cc41)-c1cc4cc5ccc(C(C)(C)C)cc5cc4cc1-3)c1cc3cc4ccc(C(C)(C)C)cc4cc3cc21.[Fe+2]. The maximum Gasteiger partial charge on any atom is 2.00 e. The van der Waals surface area contributed by atoms with Crippen LogP contribution in [0.1, 0.15) is 105 Å². The molecule has 8 nitrogen and oxygen atoms in total. The van der Waals surface area contributed by atoms with Gasteiger partial charge in [-0.3, -0.25) is 0 Å². The van der Waals surface area contributed by atoms with Crippen molar-refractivity contribution in [3.8, 4) is 45.6 Å². The zero-order valence-corrected chi connectivity index (χ0v) is 53.2. The summed E-state index contributed by atoms with van der Waals surface area (Å²) in [6, 6.07) is 63.5. The van der Waals surface area contributed by atoms with Crippen molar-refractivity contribution >= 4 is 130 Å². The maximum atomic E-state index is 5.56. The molecule has 0 amide bonds. The molecule has 0 spiro atoms. The van der Waals surface area contributed by atoms with Gasteiger partial charge in [-0.25, -0.2) is 9.97 Å². The van der Waals surface area contributed by atoms with Crippen molar-refractivity contribution in [2.24, 2.45) is 0 Å². The number of nitrogens with zero attached hydrogens (tertiary/aromatic N) is 8. The van der Waals surface area contributed by atoms with Crippen molar-refractivity contribution < 1.29 is 17.1 Å². The first-order valence-corrected chi connectivity index (χ1v) is 30.8. The molecular weight excluding hydrogens is 1130 g/mol. The Balaban J connectivity index is 0.00000636. The molecule has 432 valence electrons. The molecule has 17 rings (SSSR count). The monoisotopic (exact) mass is 1190 g/mol. The van der Waals surface area contributed by atoms with Crippen molar-refractivity contribution in [3.63, 3.8) is 0 Å². The standard InChI is InChI=1S/C80H64N8.Fe/c1-77(2,3)57-17-13-41-21-49-33-61-65(37-53(49)25-45(41)29-57)73-81-69(61)86-74-67-39-55-27-47-31-59(79(7,8)9)19-15-43(47)23-51(55)35-63(67)71(83-74)88-76-68-40-56-28-48-32-60(80(10,11)12)20-16-44(48)24-52(56)36-64(68)72(84-76)87-75-66-38-54-26-46-30-58(78(4,5)6)18-14-42(46)22-50(54)34-62(66)70(82-75)85-73;/h13-40H,1-12H3;/q-2;+2. The Morgan fingerprint density at radius 3 is 0.618 bits per heavy atom. The van der Waals surface area contributed by atoms with Gasteiger partial charge in [0.1, 0.15) is 0 Å². The average Bonchev–Trinajstić information content (AvgIpc) is 1.85. The van der Waals surface area contributed by atoms with E-state index in [2.05, 4.69) is 253 Å². The van der Waals surface area contributed by atoms with E-state index in [-0.39, 0.29) is 38.7 Å². The number of hydrogen-bond acceptors (Lipinski definition) is 6. The van der Waals surface area contributed by atoms with Crippen LogP contribution in [0.4, 0.5) is 0 Å². The first-order valence-electron chi connectivity index (χ1n) is 30.8. The molecule has 12 aromatic carbocycles. The molecule has 9 heteroatoms. The third kappa shape index (κ3) is 8.98. The fourth-order valence-electron chi connectivity index (χ4n) is 13.5. The van der Waals surface area contributed by atoms with Crippen LogP contribution in [-0.4, -0.2) is 29.9 Å². The van der Waals surface area contributed by atoms with Gasteiger partial charge in [0, 0.05) is 44.8 Å². The molecule has 0 radical (unpaired) electrons. The summed E-state index contributed by atoms with van der Waals surface area (Å²) < 4.78 is 0. The summed E-state index contributed by atoms with van der Waals surface area (Å²) in [6.45, 7) is 27.2. The third-order valence-electron chi connectivity index (χ3n) is 18.8. The van der Waals surface area contributed by atoms with E-state index in [4.69, 9.17) is 39.9 Å². The summed E-state index contributed by atoms with van der Waals surface area (Å²) in [7, 11) is 0. The van der Waals surface area contributed by atoms with Gasteiger partial charge in [0.25, 0.3) is 0 Å². The van der Waals surface area contributed by atoms with Crippen molar-refractivity contribution in [1.29, 1.82) is 0 Å². The second-order valence-corrected chi connectivity index (χ2v) is 29.1. The molecule has 8 bridgehead atoms. The molecule has 0 unspecified atom stereocenters. The molecule has 0 N–H and O–H groups in total. The Hall–Kier alpha value is -9.40. The normalized spacial score (nSPS) is 13.1. The minimum absolute atomic E-state index is 0. The van der Waals surface area contributed by atoms with E-state index >= 15 is 0 Å². The van der Waals surface area contributed by atoms with Gasteiger partial charge in [-0.05, 0) is 249 Å². The van der Waals surface area contributed by atoms with E-state index in [0.717, 1.165) is 86.9 Å². The van der Waals surface area contributed by atoms with Crippen LogP contribution in [-0.2, 0) is 38.7 Å². The molecule has 0 fully saturated rings. The van der Waals surface area contributed by atoms with Gasteiger partial charge in [0.05, 0.1) is 23.3 Å². The summed E-state index contributed by atoms with van der Waals surface area (Å²) in [5.74, 6) is 2.07. The molecule has 2 aliphatic rings. The largest absolute Gasteiger partial charge is 2.00 e. The van der Waals surface area contributed by atoms with Gasteiger partial charge in [-0.2, -0.15) is 0 Å². The van der Waals surface area contributed by atoms with Gasteiger partial charge < -0.3 is 29.9 Å². The van der Waals surface area contributed by atoms with E-state index in [1.165, 1.54) is 65.3 Å². The molecule has 0 saturated heterocycles. The zero-order chi connectivity index (χ0) is 60.2. The molecule has 0 saturated carbocycles. The summed E-state index contributed by atoms with van der Waals surface area (Å²) in [4.78, 5) is 44.0. The van der Waals surface area contributed by atoms with Crippen molar-refractivity contribution in [2.75, 3.05) is 0 Å². The van der Waals surface area contributed by atoms with Gasteiger partial charge in [-0.1, -0.05) is 156 Å². The van der Waals surface area contributed by atoms with E-state index in [0.29, 0.717) is 45.9 Å². The van der Waals surface area contributed by atoms with Crippen LogP contribution in [0.25, 0.3) is 176 Å². The molecule has 3 aromatic heterocycles. The van der Waals surface area contributed by atoms with Gasteiger partial charge in [-0.15, -0.1) is 0 Å². The smallest absolute Gasteiger partial charge is 0.357 e. The van der Waals surface area contributed by atoms with Crippen LogP contribution in [0.3, 0.4) is 0 Å². The number of hydrogen-bond donors (Lipinski definition) is 0. The first kappa shape index (κ1) is 55.0. The fraction of sp³-hybridized carbons (Fsp3) is 0.200. The zero-order valence-electron chi connectivity index (χ0n) is 52.1. The number of fused-ring (bicyclic) bond motifs is 28.